The summed E-state index contributed by atoms with van der Waals surface area (Å²) in [6.45, 7) is 14.3. The van der Waals surface area contributed by atoms with Crippen molar-refractivity contribution in [2.45, 2.75) is 33.6 Å². The molecule has 0 aromatic carbocycles. The van der Waals surface area contributed by atoms with Gasteiger partial charge in [0.25, 0.3) is 0 Å². The van der Waals surface area contributed by atoms with E-state index in [9.17, 15) is 0 Å². The zero-order valence-corrected chi connectivity index (χ0v) is 13.5. The first-order valence-corrected chi connectivity index (χ1v) is 8.04. The molecular formula is C15H32N4O. The van der Waals surface area contributed by atoms with E-state index in [0.717, 1.165) is 70.8 Å². The average molecular weight is 284 g/mol. The van der Waals surface area contributed by atoms with Gasteiger partial charge in [0.2, 0.25) is 0 Å². The molecule has 5 heteroatoms. The SMILES string of the molecule is CCNC(=NCCCC(C)C)NCCN1CCOCC1. The second-order valence-electron chi connectivity index (χ2n) is 5.68. The van der Waals surface area contributed by atoms with Crippen LogP contribution in [0.3, 0.4) is 0 Å². The van der Waals surface area contributed by atoms with Crippen LogP contribution in [0.2, 0.25) is 0 Å². The van der Waals surface area contributed by atoms with Gasteiger partial charge in [-0.25, -0.2) is 0 Å². The first-order chi connectivity index (χ1) is 9.72. The number of rotatable bonds is 8. The summed E-state index contributed by atoms with van der Waals surface area (Å²) in [7, 11) is 0. The minimum atomic E-state index is 0.766. The van der Waals surface area contributed by atoms with Crippen molar-refractivity contribution in [3.8, 4) is 0 Å². The maximum absolute atomic E-state index is 5.35. The Morgan fingerprint density at radius 3 is 2.65 bits per heavy atom. The summed E-state index contributed by atoms with van der Waals surface area (Å²) >= 11 is 0. The van der Waals surface area contributed by atoms with Crippen molar-refractivity contribution in [3.63, 3.8) is 0 Å². The van der Waals surface area contributed by atoms with Crippen molar-refractivity contribution in [3.05, 3.63) is 0 Å². The highest BCUT2D eigenvalue weighted by Gasteiger charge is 2.09. The van der Waals surface area contributed by atoms with Gasteiger partial charge in [0.05, 0.1) is 13.2 Å². The molecule has 1 aliphatic rings. The number of aliphatic imine (C=N–C) groups is 1. The third-order valence-corrected chi connectivity index (χ3v) is 3.38. The first kappa shape index (κ1) is 17.2. The lowest BCUT2D eigenvalue weighted by atomic mass is 10.1. The van der Waals surface area contributed by atoms with Gasteiger partial charge in [0.1, 0.15) is 0 Å². The van der Waals surface area contributed by atoms with Crippen LogP contribution in [0, 0.1) is 5.92 Å². The highest BCUT2D eigenvalue weighted by atomic mass is 16.5. The summed E-state index contributed by atoms with van der Waals surface area (Å²) < 4.78 is 5.35. The Morgan fingerprint density at radius 1 is 1.25 bits per heavy atom. The minimum absolute atomic E-state index is 0.766. The quantitative estimate of drug-likeness (QED) is 0.401. The number of nitrogens with one attached hydrogen (secondary N) is 2. The number of hydrogen-bond acceptors (Lipinski definition) is 3. The molecular weight excluding hydrogens is 252 g/mol. The van der Waals surface area contributed by atoms with E-state index >= 15 is 0 Å². The van der Waals surface area contributed by atoms with Crippen LogP contribution in [0.5, 0.6) is 0 Å². The zero-order valence-electron chi connectivity index (χ0n) is 13.5. The van der Waals surface area contributed by atoms with Crippen LogP contribution >= 0.6 is 0 Å². The van der Waals surface area contributed by atoms with Crippen molar-refractivity contribution >= 4 is 5.96 Å². The van der Waals surface area contributed by atoms with E-state index in [4.69, 9.17) is 4.74 Å². The third-order valence-electron chi connectivity index (χ3n) is 3.38. The standard InChI is InChI=1S/C15H32N4O/c1-4-16-15(17-7-5-6-14(2)3)18-8-9-19-10-12-20-13-11-19/h14H,4-13H2,1-3H3,(H2,16,17,18). The van der Waals surface area contributed by atoms with Gasteiger partial charge in [-0.2, -0.15) is 0 Å². The van der Waals surface area contributed by atoms with Gasteiger partial charge in [0.15, 0.2) is 5.96 Å². The molecule has 0 spiro atoms. The van der Waals surface area contributed by atoms with Crippen LogP contribution in [0.4, 0.5) is 0 Å². The van der Waals surface area contributed by atoms with Gasteiger partial charge in [-0.05, 0) is 25.7 Å². The number of nitrogens with zero attached hydrogens (tertiary/aromatic N) is 2. The normalized spacial score (nSPS) is 17.5. The topological polar surface area (TPSA) is 48.9 Å². The second-order valence-corrected chi connectivity index (χ2v) is 5.68. The molecule has 0 saturated carbocycles. The van der Waals surface area contributed by atoms with E-state index in [0.29, 0.717) is 0 Å². The minimum Gasteiger partial charge on any atom is -0.379 e. The summed E-state index contributed by atoms with van der Waals surface area (Å²) in [5.74, 6) is 1.71. The highest BCUT2D eigenvalue weighted by Crippen LogP contribution is 2.02. The molecule has 1 heterocycles. The van der Waals surface area contributed by atoms with E-state index in [2.05, 4.69) is 41.3 Å². The van der Waals surface area contributed by atoms with Gasteiger partial charge in [-0.1, -0.05) is 13.8 Å². The maximum atomic E-state index is 5.35. The molecule has 0 bridgehead atoms. The summed E-state index contributed by atoms with van der Waals surface area (Å²) in [6, 6.07) is 0. The van der Waals surface area contributed by atoms with E-state index < -0.39 is 0 Å². The van der Waals surface area contributed by atoms with Gasteiger partial charge < -0.3 is 15.4 Å². The smallest absolute Gasteiger partial charge is 0.191 e. The Morgan fingerprint density at radius 2 is 2.00 bits per heavy atom. The fraction of sp³-hybridized carbons (Fsp3) is 0.933. The molecule has 0 aliphatic carbocycles. The predicted molar refractivity (Wildman–Crippen MR) is 85.3 cm³/mol. The molecule has 5 nitrogen and oxygen atoms in total. The number of guanidine groups is 1. The molecule has 20 heavy (non-hydrogen) atoms. The Kier molecular flexibility index (Phi) is 9.41. The lowest BCUT2D eigenvalue weighted by Crippen LogP contribution is -2.44. The van der Waals surface area contributed by atoms with E-state index in [-0.39, 0.29) is 0 Å². The van der Waals surface area contributed by atoms with E-state index in [1.165, 1.54) is 6.42 Å². The van der Waals surface area contributed by atoms with Crippen molar-refractivity contribution in [1.82, 2.24) is 15.5 Å². The third kappa shape index (κ3) is 8.38. The van der Waals surface area contributed by atoms with Gasteiger partial charge >= 0.3 is 0 Å². The molecule has 0 atom stereocenters. The zero-order chi connectivity index (χ0) is 14.6. The summed E-state index contributed by atoms with van der Waals surface area (Å²) in [5, 5.41) is 6.72. The first-order valence-electron chi connectivity index (χ1n) is 8.04. The Hall–Kier alpha value is -0.810. The maximum Gasteiger partial charge on any atom is 0.191 e. The summed E-state index contributed by atoms with van der Waals surface area (Å²) in [5.41, 5.74) is 0. The fourth-order valence-electron chi connectivity index (χ4n) is 2.19. The fourth-order valence-corrected chi connectivity index (χ4v) is 2.19. The Labute approximate surface area is 124 Å². The monoisotopic (exact) mass is 284 g/mol. The average Bonchev–Trinajstić information content (AvgIpc) is 2.44. The van der Waals surface area contributed by atoms with Crippen LogP contribution in [0.1, 0.15) is 33.6 Å². The molecule has 0 amide bonds. The van der Waals surface area contributed by atoms with Crippen molar-refractivity contribution in [1.29, 1.82) is 0 Å². The molecule has 0 aromatic heterocycles. The predicted octanol–water partition coefficient (Wildman–Crippen LogP) is 1.31. The molecule has 0 unspecified atom stereocenters. The van der Waals surface area contributed by atoms with Crippen molar-refractivity contribution in [2.24, 2.45) is 10.9 Å². The molecule has 1 aliphatic heterocycles. The molecule has 2 N–H and O–H groups in total. The van der Waals surface area contributed by atoms with Crippen LogP contribution < -0.4 is 10.6 Å². The Balaban J connectivity index is 2.17. The van der Waals surface area contributed by atoms with E-state index in [1.54, 1.807) is 0 Å². The number of morpholine rings is 1. The van der Waals surface area contributed by atoms with Crippen molar-refractivity contribution < 1.29 is 4.74 Å². The molecule has 1 rings (SSSR count). The molecule has 1 saturated heterocycles. The lowest BCUT2D eigenvalue weighted by Gasteiger charge is -2.26. The molecule has 118 valence electrons. The van der Waals surface area contributed by atoms with Crippen LogP contribution in [0.15, 0.2) is 4.99 Å². The summed E-state index contributed by atoms with van der Waals surface area (Å²) in [4.78, 5) is 7.05. The van der Waals surface area contributed by atoms with Crippen LogP contribution in [-0.2, 0) is 4.74 Å². The second kappa shape index (κ2) is 10.9. The van der Waals surface area contributed by atoms with Crippen molar-refractivity contribution in [2.75, 3.05) is 52.5 Å². The Bertz CT molecular complexity index is 263. The number of hydrogen-bond donors (Lipinski definition) is 2. The molecule has 1 fully saturated rings. The lowest BCUT2D eigenvalue weighted by molar-refractivity contribution is 0.0389. The van der Waals surface area contributed by atoms with Gasteiger partial charge in [-0.3, -0.25) is 9.89 Å². The largest absolute Gasteiger partial charge is 0.379 e. The molecule has 0 radical (unpaired) electrons. The van der Waals surface area contributed by atoms with Crippen LogP contribution in [0.25, 0.3) is 0 Å². The van der Waals surface area contributed by atoms with Gasteiger partial charge in [0, 0.05) is 39.3 Å². The molecule has 0 aromatic rings. The van der Waals surface area contributed by atoms with E-state index in [1.807, 2.05) is 0 Å². The number of ether oxygens (including phenoxy) is 1. The highest BCUT2D eigenvalue weighted by molar-refractivity contribution is 5.79. The van der Waals surface area contributed by atoms with Crippen LogP contribution in [-0.4, -0.2) is 63.3 Å². The van der Waals surface area contributed by atoms with Gasteiger partial charge in [-0.15, -0.1) is 0 Å². The summed E-state index contributed by atoms with van der Waals surface area (Å²) in [6.07, 6.45) is 2.41.